The van der Waals surface area contributed by atoms with Crippen LogP contribution in [0.25, 0.3) is 0 Å². The van der Waals surface area contributed by atoms with Gasteiger partial charge in [0.15, 0.2) is 0 Å². The van der Waals surface area contributed by atoms with Crippen molar-refractivity contribution in [3.8, 4) is 0 Å². The van der Waals surface area contributed by atoms with E-state index in [1.54, 1.807) is 0 Å². The topological polar surface area (TPSA) is 34.0 Å². The highest BCUT2D eigenvalue weighted by Crippen LogP contribution is 2.12. The van der Waals surface area contributed by atoms with Gasteiger partial charge in [-0.2, -0.15) is 11.8 Å². The van der Waals surface area contributed by atoms with Gasteiger partial charge in [-0.1, -0.05) is 29.8 Å². The predicted molar refractivity (Wildman–Crippen MR) is 85.1 cm³/mol. The molecule has 0 fully saturated rings. The van der Waals surface area contributed by atoms with E-state index in [0.717, 1.165) is 11.5 Å². The molecule has 4 heteroatoms. The molecule has 1 aromatic heterocycles. The van der Waals surface area contributed by atoms with Crippen LogP contribution in [-0.2, 0) is 12.8 Å². The zero-order valence-electron chi connectivity index (χ0n) is 11.9. The van der Waals surface area contributed by atoms with Crippen molar-refractivity contribution in [2.45, 2.75) is 12.7 Å². The van der Waals surface area contributed by atoms with Gasteiger partial charge >= 0.3 is 0 Å². The maximum absolute atomic E-state index is 11.9. The van der Waals surface area contributed by atoms with Gasteiger partial charge in [0.25, 0.3) is 5.91 Å². The molecule has 0 spiro atoms. The molecule has 1 N–H and O–H groups in total. The second-order valence-electron chi connectivity index (χ2n) is 4.80. The number of carbonyl (C=O) groups excluding carboxylic acids is 1. The quantitative estimate of drug-likeness (QED) is 0.829. The van der Waals surface area contributed by atoms with Crippen LogP contribution >= 0.6 is 11.8 Å². The zero-order valence-corrected chi connectivity index (χ0v) is 12.7. The van der Waals surface area contributed by atoms with Crippen LogP contribution in [0.4, 0.5) is 0 Å². The van der Waals surface area contributed by atoms with Gasteiger partial charge in [0.05, 0.1) is 0 Å². The van der Waals surface area contributed by atoms with Crippen molar-refractivity contribution in [2.24, 2.45) is 7.05 Å². The molecule has 0 atom stereocenters. The number of amides is 1. The number of aromatic nitrogens is 1. The molecule has 0 aliphatic rings. The van der Waals surface area contributed by atoms with Gasteiger partial charge in [0, 0.05) is 31.3 Å². The predicted octanol–water partition coefficient (Wildman–Crippen LogP) is 3.00. The molecule has 0 bridgehead atoms. The van der Waals surface area contributed by atoms with E-state index in [1.165, 1.54) is 11.1 Å². The number of rotatable bonds is 6. The fraction of sp³-hybridized carbons (Fsp3) is 0.312. The first-order chi connectivity index (χ1) is 9.66. The Morgan fingerprint density at radius 2 is 2.00 bits per heavy atom. The molecule has 2 rings (SSSR count). The van der Waals surface area contributed by atoms with Crippen molar-refractivity contribution >= 4 is 17.7 Å². The minimum absolute atomic E-state index is 0.00608. The Bertz CT molecular complexity index is 560. The lowest BCUT2D eigenvalue weighted by atomic mass is 10.2. The van der Waals surface area contributed by atoms with Crippen LogP contribution in [0.5, 0.6) is 0 Å². The second-order valence-corrected chi connectivity index (χ2v) is 5.90. The fourth-order valence-electron chi connectivity index (χ4n) is 1.90. The van der Waals surface area contributed by atoms with Crippen molar-refractivity contribution in [2.75, 3.05) is 12.3 Å². The van der Waals surface area contributed by atoms with Gasteiger partial charge in [-0.15, -0.1) is 0 Å². The Labute approximate surface area is 124 Å². The largest absolute Gasteiger partial charge is 0.350 e. The molecule has 20 heavy (non-hydrogen) atoms. The minimum atomic E-state index is -0.00608. The normalized spacial score (nSPS) is 10.5. The average molecular weight is 288 g/mol. The first-order valence-electron chi connectivity index (χ1n) is 6.69. The lowest BCUT2D eigenvalue weighted by Crippen LogP contribution is -2.27. The third-order valence-corrected chi connectivity index (χ3v) is 4.13. The summed E-state index contributed by atoms with van der Waals surface area (Å²) in [4.78, 5) is 11.9. The lowest BCUT2D eigenvalue weighted by molar-refractivity contribution is 0.0948. The Kier molecular flexibility index (Phi) is 5.30. The number of nitrogens with zero attached hydrogens (tertiary/aromatic N) is 1. The van der Waals surface area contributed by atoms with Gasteiger partial charge in [0.1, 0.15) is 5.69 Å². The summed E-state index contributed by atoms with van der Waals surface area (Å²) in [6, 6.07) is 12.3. The summed E-state index contributed by atoms with van der Waals surface area (Å²) in [6.07, 6.45) is 1.88. The molecule has 2 aromatic rings. The summed E-state index contributed by atoms with van der Waals surface area (Å²) in [5, 5.41) is 2.94. The van der Waals surface area contributed by atoms with Crippen molar-refractivity contribution in [3.05, 3.63) is 59.4 Å². The van der Waals surface area contributed by atoms with E-state index < -0.39 is 0 Å². The van der Waals surface area contributed by atoms with E-state index in [4.69, 9.17) is 0 Å². The Morgan fingerprint density at radius 1 is 1.25 bits per heavy atom. The van der Waals surface area contributed by atoms with Crippen molar-refractivity contribution in [3.63, 3.8) is 0 Å². The fourth-order valence-corrected chi connectivity index (χ4v) is 2.72. The van der Waals surface area contributed by atoms with Crippen LogP contribution in [-0.4, -0.2) is 22.8 Å². The smallest absolute Gasteiger partial charge is 0.267 e. The van der Waals surface area contributed by atoms with Crippen LogP contribution in [0, 0.1) is 6.92 Å². The SMILES string of the molecule is Cc1ccc(CSCCNC(=O)c2cccn2C)cc1. The molecule has 0 unspecified atom stereocenters. The zero-order chi connectivity index (χ0) is 14.4. The summed E-state index contributed by atoms with van der Waals surface area (Å²) >= 11 is 1.83. The van der Waals surface area contributed by atoms with E-state index in [0.29, 0.717) is 12.2 Å². The minimum Gasteiger partial charge on any atom is -0.350 e. The molecular formula is C16H20N2OS. The molecule has 0 saturated heterocycles. The molecule has 1 amide bonds. The maximum Gasteiger partial charge on any atom is 0.267 e. The monoisotopic (exact) mass is 288 g/mol. The first-order valence-corrected chi connectivity index (χ1v) is 7.85. The van der Waals surface area contributed by atoms with Gasteiger partial charge in [0.2, 0.25) is 0 Å². The van der Waals surface area contributed by atoms with Crippen molar-refractivity contribution < 1.29 is 4.79 Å². The van der Waals surface area contributed by atoms with E-state index in [-0.39, 0.29) is 5.91 Å². The highest BCUT2D eigenvalue weighted by Gasteiger charge is 2.07. The summed E-state index contributed by atoms with van der Waals surface area (Å²) in [7, 11) is 1.88. The van der Waals surface area contributed by atoms with Crippen LogP contribution in [0.3, 0.4) is 0 Å². The van der Waals surface area contributed by atoms with Crippen LogP contribution in [0.1, 0.15) is 21.6 Å². The molecule has 1 heterocycles. The third kappa shape index (κ3) is 4.17. The highest BCUT2D eigenvalue weighted by molar-refractivity contribution is 7.98. The molecule has 0 saturated carbocycles. The molecular weight excluding hydrogens is 268 g/mol. The highest BCUT2D eigenvalue weighted by atomic mass is 32.2. The number of hydrogen-bond donors (Lipinski definition) is 1. The number of carbonyl (C=O) groups is 1. The molecule has 3 nitrogen and oxygen atoms in total. The van der Waals surface area contributed by atoms with Crippen LogP contribution < -0.4 is 5.32 Å². The summed E-state index contributed by atoms with van der Waals surface area (Å²) < 4.78 is 1.83. The Balaban J connectivity index is 1.66. The number of aryl methyl sites for hydroxylation is 2. The van der Waals surface area contributed by atoms with E-state index in [9.17, 15) is 4.79 Å². The standard InChI is InChI=1S/C16H20N2OS/c1-13-5-7-14(8-6-13)12-20-11-9-17-16(19)15-4-3-10-18(15)2/h3-8,10H,9,11-12H2,1-2H3,(H,17,19). The number of thioether (sulfide) groups is 1. The molecule has 0 radical (unpaired) electrons. The third-order valence-electron chi connectivity index (χ3n) is 3.10. The number of benzene rings is 1. The van der Waals surface area contributed by atoms with Gasteiger partial charge < -0.3 is 9.88 Å². The Hall–Kier alpha value is -1.68. The van der Waals surface area contributed by atoms with Crippen LogP contribution in [0.2, 0.25) is 0 Å². The van der Waals surface area contributed by atoms with E-state index >= 15 is 0 Å². The van der Waals surface area contributed by atoms with Gasteiger partial charge in [-0.25, -0.2) is 0 Å². The molecule has 106 valence electrons. The van der Waals surface area contributed by atoms with Gasteiger partial charge in [-0.05, 0) is 24.6 Å². The summed E-state index contributed by atoms with van der Waals surface area (Å²) in [6.45, 7) is 2.79. The molecule has 0 aliphatic heterocycles. The summed E-state index contributed by atoms with van der Waals surface area (Å²) in [5.41, 5.74) is 3.32. The maximum atomic E-state index is 11.9. The van der Waals surface area contributed by atoms with E-state index in [2.05, 4.69) is 36.5 Å². The molecule has 0 aliphatic carbocycles. The lowest BCUT2D eigenvalue weighted by Gasteiger charge is -2.06. The van der Waals surface area contributed by atoms with Crippen molar-refractivity contribution in [1.82, 2.24) is 9.88 Å². The first kappa shape index (κ1) is 14.7. The molecule has 1 aromatic carbocycles. The average Bonchev–Trinajstić information content (AvgIpc) is 2.86. The van der Waals surface area contributed by atoms with Crippen molar-refractivity contribution in [1.29, 1.82) is 0 Å². The second kappa shape index (κ2) is 7.20. The Morgan fingerprint density at radius 3 is 2.65 bits per heavy atom. The number of hydrogen-bond acceptors (Lipinski definition) is 2. The van der Waals surface area contributed by atoms with Gasteiger partial charge in [-0.3, -0.25) is 4.79 Å². The number of nitrogens with one attached hydrogen (secondary N) is 1. The van der Waals surface area contributed by atoms with Crippen LogP contribution in [0.15, 0.2) is 42.6 Å². The summed E-state index contributed by atoms with van der Waals surface area (Å²) in [5.74, 6) is 1.90. The van der Waals surface area contributed by atoms with E-state index in [1.807, 2.05) is 41.7 Å².